The van der Waals surface area contributed by atoms with Gasteiger partial charge in [0.1, 0.15) is 36.7 Å². The van der Waals surface area contributed by atoms with Gasteiger partial charge in [0.2, 0.25) is 5.91 Å². The number of benzene rings is 8. The van der Waals surface area contributed by atoms with Crippen molar-refractivity contribution in [2.75, 3.05) is 18.5 Å². The largest absolute Gasteiger partial charge is 0.461 e. The first-order valence-electron chi connectivity index (χ1n) is 27.6. The maximum Gasteiger partial charge on any atom is 0.350 e. The molecule has 86 heavy (non-hydrogen) atoms. The molecule has 0 radical (unpaired) electrons. The quantitative estimate of drug-likeness (QED) is 0.0717. The molecule has 17 heteroatoms. The first-order chi connectivity index (χ1) is 41.8. The Bertz CT molecular complexity index is 3850. The third-order valence-electron chi connectivity index (χ3n) is 14.3. The van der Waals surface area contributed by atoms with Crippen molar-refractivity contribution >= 4 is 59.1 Å². The molecular formula is C69H57F2N3O10S2. The minimum atomic E-state index is -1.86. The van der Waals surface area contributed by atoms with Gasteiger partial charge in [-0.15, -0.1) is 23.5 Å². The molecule has 0 saturated carbocycles. The minimum Gasteiger partial charge on any atom is -0.461 e. The number of carbonyl (C=O) groups is 5. The predicted octanol–water partition coefficient (Wildman–Crippen LogP) is 13.8. The highest BCUT2D eigenvalue weighted by molar-refractivity contribution is 8.01. The molecular weight excluding hydrogens is 1130 g/mol. The molecule has 1 N–H and O–H groups in total. The first-order valence-corrected chi connectivity index (χ1v) is 29.5. The van der Waals surface area contributed by atoms with Crippen molar-refractivity contribution in [3.05, 3.63) is 263 Å². The molecule has 434 valence electrons. The van der Waals surface area contributed by atoms with Crippen molar-refractivity contribution in [1.29, 1.82) is 0 Å². The average molecular weight is 1190 g/mol. The number of amides is 1. The number of alkyl halides is 2. The van der Waals surface area contributed by atoms with Crippen LogP contribution in [0.2, 0.25) is 0 Å². The fraction of sp³-hybridized carbons (Fsp3) is 0.174. The second kappa shape index (κ2) is 28.0. The molecule has 9 aromatic rings. The van der Waals surface area contributed by atoms with E-state index in [1.165, 1.54) is 30.9 Å². The van der Waals surface area contributed by atoms with Gasteiger partial charge in [0.15, 0.2) is 12.3 Å². The van der Waals surface area contributed by atoms with Crippen LogP contribution in [0.1, 0.15) is 60.7 Å². The monoisotopic (exact) mass is 1190 g/mol. The highest BCUT2D eigenvalue weighted by Gasteiger charge is 2.49. The molecule has 0 aliphatic carbocycles. The second-order valence-corrected chi connectivity index (χ2v) is 23.2. The van der Waals surface area contributed by atoms with E-state index in [4.69, 9.17) is 18.9 Å². The highest BCUT2D eigenvalue weighted by atomic mass is 32.2. The molecule has 1 aromatic heterocycles. The Morgan fingerprint density at radius 3 is 1.13 bits per heavy atom. The lowest BCUT2D eigenvalue weighted by Gasteiger charge is -2.21. The molecule has 13 nitrogen and oxygen atoms in total. The lowest BCUT2D eigenvalue weighted by atomic mass is 10.0. The van der Waals surface area contributed by atoms with Crippen LogP contribution in [-0.2, 0) is 23.7 Å². The van der Waals surface area contributed by atoms with Crippen LogP contribution in [0.25, 0.3) is 44.5 Å². The Labute approximate surface area is 503 Å². The second-order valence-electron chi connectivity index (χ2n) is 20.2. The lowest BCUT2D eigenvalue weighted by Crippen LogP contribution is -2.37. The molecule has 3 heterocycles. The minimum absolute atomic E-state index is 0.0212. The maximum atomic E-state index is 16.2. The van der Waals surface area contributed by atoms with Crippen LogP contribution in [0, 0.1) is 0 Å². The van der Waals surface area contributed by atoms with Gasteiger partial charge in [-0.1, -0.05) is 177 Å². The third kappa shape index (κ3) is 14.7. The Hall–Kier alpha value is -9.45. The number of thioether (sulfide) groups is 2. The fourth-order valence-electron chi connectivity index (χ4n) is 9.81. The van der Waals surface area contributed by atoms with Crippen molar-refractivity contribution < 1.29 is 51.7 Å². The van der Waals surface area contributed by atoms with Crippen molar-refractivity contribution in [2.24, 2.45) is 0 Å². The van der Waals surface area contributed by atoms with Gasteiger partial charge in [0, 0.05) is 18.4 Å². The van der Waals surface area contributed by atoms with Gasteiger partial charge in [-0.05, 0) is 99.1 Å². The van der Waals surface area contributed by atoms with Gasteiger partial charge in [0.25, 0.3) is 0 Å². The normalized spacial score (nSPS) is 19.4. The number of aromatic nitrogens is 2. The summed E-state index contributed by atoms with van der Waals surface area (Å²) in [5, 5.41) is -0.470. The summed E-state index contributed by atoms with van der Waals surface area (Å²) in [6, 6.07) is 68.2. The molecule has 2 fully saturated rings. The number of nitrogens with one attached hydrogen (secondary N) is 1. The van der Waals surface area contributed by atoms with E-state index in [-0.39, 0.29) is 29.8 Å². The summed E-state index contributed by atoms with van der Waals surface area (Å²) in [6.07, 6.45) is -4.28. The van der Waals surface area contributed by atoms with Crippen molar-refractivity contribution in [3.8, 4) is 44.5 Å². The van der Waals surface area contributed by atoms with Crippen LogP contribution < -0.4 is 11.0 Å². The van der Waals surface area contributed by atoms with Crippen molar-refractivity contribution in [3.63, 3.8) is 0 Å². The fourth-order valence-corrected chi connectivity index (χ4v) is 12.6. The number of carbonyl (C=O) groups excluding carboxylic acids is 5. The molecule has 11 rings (SSSR count). The Morgan fingerprint density at radius 1 is 0.453 bits per heavy atom. The Balaban J connectivity index is 0.000000196. The van der Waals surface area contributed by atoms with E-state index in [0.717, 1.165) is 60.8 Å². The summed E-state index contributed by atoms with van der Waals surface area (Å²) >= 11 is 2.32. The maximum absolute atomic E-state index is 16.2. The van der Waals surface area contributed by atoms with Gasteiger partial charge in [-0.25, -0.2) is 32.8 Å². The van der Waals surface area contributed by atoms with Crippen LogP contribution in [0.15, 0.2) is 235 Å². The van der Waals surface area contributed by atoms with Gasteiger partial charge < -0.3 is 24.3 Å². The number of nitrogens with zero attached hydrogens (tertiary/aromatic N) is 2. The summed E-state index contributed by atoms with van der Waals surface area (Å²) in [4.78, 5) is 79.9. The number of esters is 4. The summed E-state index contributed by atoms with van der Waals surface area (Å²) < 4.78 is 54.7. The zero-order valence-electron chi connectivity index (χ0n) is 46.5. The van der Waals surface area contributed by atoms with Crippen LogP contribution in [0.4, 0.5) is 14.6 Å². The Kier molecular flexibility index (Phi) is 19.4. The Morgan fingerprint density at radius 2 is 0.779 bits per heavy atom. The molecule has 2 aliphatic rings. The number of hydrogen-bond donors (Lipinski definition) is 1. The van der Waals surface area contributed by atoms with E-state index in [1.54, 1.807) is 67.6 Å². The number of ether oxygens (including phenoxy) is 4. The SMILES string of the molecule is CC(=O)Nc1ccn([C@@H]2S[C@H](COC(=O)c3ccc(-c4ccccc4)cc3)[C@@H](OC(=O)c3ccc(-c4ccccc4)cc3)[C@@H]2F)c(=O)n1.C[C@H]1S[C@H](COC(=O)c2ccc(-c3ccccc3)cc2)[C@@H](OC(=O)c2ccc(-c3ccccc3)cc2)[C@@H]1F. The molecule has 0 spiro atoms. The van der Waals surface area contributed by atoms with Crippen LogP contribution in [0.5, 0.6) is 0 Å². The topological polar surface area (TPSA) is 169 Å². The van der Waals surface area contributed by atoms with E-state index < -0.39 is 75.9 Å². The standard InChI is InChI=1S/C37H30FN3O6S.C32H27FO4S/c1-23(42)39-31-20-21-41(37(45)40-31)34-32(38)33(47-36(44)29-18-14-27(15-19-29)25-10-6-3-7-11-25)30(48-34)22-46-35(43)28-16-12-26(13-17-28)24-8-4-2-5-9-24;1-21-29(33)30(37-32(35)27-18-14-25(15-19-27)23-10-6-3-7-11-23)28(38-21)20-36-31(34)26-16-12-24(13-17-26)22-8-4-2-5-9-22/h2-21,30,32-34H,22H2,1H3,(H,39,40,42,45);2-19,21,28-30H,20H2,1H3/t30-,32+,33-,34-;21-,28-,29-,30-/m11/s1. The van der Waals surface area contributed by atoms with E-state index >= 15 is 8.78 Å². The predicted molar refractivity (Wildman–Crippen MR) is 330 cm³/mol. The van der Waals surface area contributed by atoms with Gasteiger partial charge in [0.05, 0.1) is 32.8 Å². The van der Waals surface area contributed by atoms with E-state index in [1.807, 2.05) is 158 Å². The zero-order valence-corrected chi connectivity index (χ0v) is 48.2. The average Bonchev–Trinajstić information content (AvgIpc) is 2.79. The molecule has 8 aromatic carbocycles. The summed E-state index contributed by atoms with van der Waals surface area (Å²) in [5.41, 5.74) is 8.28. The van der Waals surface area contributed by atoms with Crippen LogP contribution in [-0.4, -0.2) is 92.9 Å². The van der Waals surface area contributed by atoms with Gasteiger partial charge in [-0.3, -0.25) is 9.36 Å². The first kappa shape index (κ1) is 59.7. The van der Waals surface area contributed by atoms with Crippen molar-refractivity contribution in [2.45, 2.75) is 59.5 Å². The molecule has 2 aliphatic heterocycles. The number of anilines is 1. The summed E-state index contributed by atoms with van der Waals surface area (Å²) in [7, 11) is 0. The molecule has 1 amide bonds. The van der Waals surface area contributed by atoms with Gasteiger partial charge >= 0.3 is 29.6 Å². The molecule has 8 atom stereocenters. The lowest BCUT2D eigenvalue weighted by molar-refractivity contribution is -0.114. The number of halogens is 2. The molecule has 0 bridgehead atoms. The van der Waals surface area contributed by atoms with E-state index in [2.05, 4.69) is 10.3 Å². The highest BCUT2D eigenvalue weighted by Crippen LogP contribution is 2.45. The van der Waals surface area contributed by atoms with Gasteiger partial charge in [-0.2, -0.15) is 4.98 Å². The van der Waals surface area contributed by atoms with E-state index in [0.29, 0.717) is 16.7 Å². The number of hydrogen-bond acceptors (Lipinski definition) is 13. The van der Waals surface area contributed by atoms with Crippen LogP contribution >= 0.6 is 23.5 Å². The summed E-state index contributed by atoms with van der Waals surface area (Å²) in [6.45, 7) is 2.67. The molecule has 0 unspecified atom stereocenters. The summed E-state index contributed by atoms with van der Waals surface area (Å²) in [5.74, 6) is -2.88. The smallest absolute Gasteiger partial charge is 0.350 e. The number of rotatable bonds is 16. The van der Waals surface area contributed by atoms with Crippen molar-refractivity contribution in [1.82, 2.24) is 9.55 Å². The van der Waals surface area contributed by atoms with Crippen LogP contribution in [0.3, 0.4) is 0 Å². The zero-order chi connectivity index (χ0) is 60.1. The van der Waals surface area contributed by atoms with E-state index in [9.17, 15) is 28.8 Å². The third-order valence-corrected chi connectivity index (χ3v) is 17.3. The molecule has 2 saturated heterocycles.